The van der Waals surface area contributed by atoms with E-state index < -0.39 is 12.0 Å². The average molecular weight is 308 g/mol. The maximum atomic E-state index is 12.0. The van der Waals surface area contributed by atoms with Crippen LogP contribution in [0.2, 0.25) is 0 Å². The molecule has 0 aliphatic heterocycles. The number of carboxylic acids is 1. The Bertz CT molecular complexity index is 718. The molecule has 0 fully saturated rings. The number of nitrogens with zero attached hydrogens (tertiary/aromatic N) is 1. The average Bonchev–Trinajstić information content (AvgIpc) is 2.55. The van der Waals surface area contributed by atoms with Crippen LogP contribution < -0.4 is 5.32 Å². The molecule has 23 heavy (non-hydrogen) atoms. The minimum atomic E-state index is -1.09. The van der Waals surface area contributed by atoms with Crippen molar-refractivity contribution >= 4 is 11.9 Å². The standard InChI is InChI=1S/C18H16N2O3/c19-12-15-8-6-14(7-9-15)10-16(18(22)23)20-17(21)11-13-4-2-1-3-5-13/h1-9,16H,10-11H2,(H,20,21)(H,22,23)/t16-/m1/s1. The molecule has 2 aromatic carbocycles. The van der Waals surface area contributed by atoms with E-state index in [0.717, 1.165) is 11.1 Å². The molecule has 1 amide bonds. The van der Waals surface area contributed by atoms with E-state index >= 15 is 0 Å². The topological polar surface area (TPSA) is 90.2 Å². The highest BCUT2D eigenvalue weighted by Crippen LogP contribution is 2.07. The molecule has 0 radical (unpaired) electrons. The fraction of sp³-hybridized carbons (Fsp3) is 0.167. The van der Waals surface area contributed by atoms with E-state index in [9.17, 15) is 14.7 Å². The lowest BCUT2D eigenvalue weighted by molar-refractivity contribution is -0.141. The van der Waals surface area contributed by atoms with Gasteiger partial charge in [0.2, 0.25) is 5.91 Å². The molecule has 0 bridgehead atoms. The lowest BCUT2D eigenvalue weighted by atomic mass is 10.0. The zero-order chi connectivity index (χ0) is 16.7. The van der Waals surface area contributed by atoms with Crippen molar-refractivity contribution < 1.29 is 14.7 Å². The second-order valence-electron chi connectivity index (χ2n) is 5.13. The van der Waals surface area contributed by atoms with E-state index in [0.29, 0.717) is 5.56 Å². The van der Waals surface area contributed by atoms with Gasteiger partial charge >= 0.3 is 5.97 Å². The van der Waals surface area contributed by atoms with E-state index in [1.807, 2.05) is 36.4 Å². The summed E-state index contributed by atoms with van der Waals surface area (Å²) >= 11 is 0. The Kier molecular flexibility index (Phi) is 5.48. The van der Waals surface area contributed by atoms with Gasteiger partial charge in [-0.05, 0) is 23.3 Å². The van der Waals surface area contributed by atoms with E-state index in [2.05, 4.69) is 5.32 Å². The molecule has 0 aromatic heterocycles. The predicted octanol–water partition coefficient (Wildman–Crippen LogP) is 1.91. The van der Waals surface area contributed by atoms with Crippen LogP contribution >= 0.6 is 0 Å². The molecular weight excluding hydrogens is 292 g/mol. The Balaban J connectivity index is 1.99. The first-order chi connectivity index (χ1) is 11.1. The predicted molar refractivity (Wildman–Crippen MR) is 84.6 cm³/mol. The van der Waals surface area contributed by atoms with Gasteiger partial charge in [0.25, 0.3) is 0 Å². The molecule has 2 N–H and O–H groups in total. The minimum Gasteiger partial charge on any atom is -0.480 e. The Morgan fingerprint density at radius 3 is 2.26 bits per heavy atom. The van der Waals surface area contributed by atoms with Crippen LogP contribution in [0.1, 0.15) is 16.7 Å². The van der Waals surface area contributed by atoms with Crippen LogP contribution in [0.3, 0.4) is 0 Å². The highest BCUT2D eigenvalue weighted by atomic mass is 16.4. The summed E-state index contributed by atoms with van der Waals surface area (Å²) in [6.07, 6.45) is 0.305. The van der Waals surface area contributed by atoms with Gasteiger partial charge in [0.05, 0.1) is 18.1 Å². The van der Waals surface area contributed by atoms with Crippen molar-refractivity contribution in [3.05, 3.63) is 71.3 Å². The maximum Gasteiger partial charge on any atom is 0.326 e. The van der Waals surface area contributed by atoms with Gasteiger partial charge in [-0.1, -0.05) is 42.5 Å². The number of benzene rings is 2. The molecule has 0 spiro atoms. The first-order valence-electron chi connectivity index (χ1n) is 7.13. The third kappa shape index (κ3) is 4.97. The molecule has 0 aliphatic rings. The fourth-order valence-corrected chi connectivity index (χ4v) is 2.18. The van der Waals surface area contributed by atoms with E-state index in [1.54, 1.807) is 24.3 Å². The molecule has 1 atom stereocenters. The number of hydrogen-bond acceptors (Lipinski definition) is 3. The van der Waals surface area contributed by atoms with E-state index in [4.69, 9.17) is 5.26 Å². The summed E-state index contributed by atoms with van der Waals surface area (Å²) in [5.74, 6) is -1.42. The van der Waals surface area contributed by atoms with Crippen molar-refractivity contribution in [2.75, 3.05) is 0 Å². The molecule has 0 aliphatic carbocycles. The number of carbonyl (C=O) groups is 2. The zero-order valence-electron chi connectivity index (χ0n) is 12.4. The molecule has 2 aromatic rings. The van der Waals surface area contributed by atoms with Gasteiger partial charge in [-0.25, -0.2) is 4.79 Å². The normalized spacial score (nSPS) is 11.3. The van der Waals surface area contributed by atoms with Gasteiger partial charge in [-0.3, -0.25) is 4.79 Å². The molecule has 0 saturated carbocycles. The molecule has 2 rings (SSSR count). The van der Waals surface area contributed by atoms with Gasteiger partial charge in [0, 0.05) is 6.42 Å². The molecule has 0 heterocycles. The van der Waals surface area contributed by atoms with Crippen molar-refractivity contribution in [1.29, 1.82) is 5.26 Å². The lowest BCUT2D eigenvalue weighted by Crippen LogP contribution is -2.43. The number of rotatable bonds is 6. The molecule has 0 unspecified atom stereocenters. The number of carboxylic acid groups (broad SMARTS) is 1. The summed E-state index contributed by atoms with van der Waals surface area (Å²) < 4.78 is 0. The zero-order valence-corrected chi connectivity index (χ0v) is 12.4. The molecule has 5 nitrogen and oxygen atoms in total. The Morgan fingerprint density at radius 2 is 1.70 bits per heavy atom. The smallest absolute Gasteiger partial charge is 0.326 e. The van der Waals surface area contributed by atoms with Gasteiger partial charge in [-0.2, -0.15) is 5.26 Å². The molecule has 116 valence electrons. The summed E-state index contributed by atoms with van der Waals surface area (Å²) in [4.78, 5) is 23.3. The Labute approximate surface area is 134 Å². The first kappa shape index (κ1) is 16.2. The van der Waals surface area contributed by atoms with Crippen LogP contribution in [-0.4, -0.2) is 23.0 Å². The molecule has 0 saturated heterocycles. The van der Waals surface area contributed by atoms with Gasteiger partial charge < -0.3 is 10.4 Å². The van der Waals surface area contributed by atoms with Gasteiger partial charge in [0.15, 0.2) is 0 Å². The summed E-state index contributed by atoms with van der Waals surface area (Å²) in [6.45, 7) is 0. The van der Waals surface area contributed by atoms with E-state index in [-0.39, 0.29) is 18.7 Å². The van der Waals surface area contributed by atoms with Crippen molar-refractivity contribution in [2.24, 2.45) is 0 Å². The number of amides is 1. The molecule has 5 heteroatoms. The second kappa shape index (κ2) is 7.76. The van der Waals surface area contributed by atoms with Crippen molar-refractivity contribution in [1.82, 2.24) is 5.32 Å². The van der Waals surface area contributed by atoms with Gasteiger partial charge in [-0.15, -0.1) is 0 Å². The largest absolute Gasteiger partial charge is 0.480 e. The van der Waals surface area contributed by atoms with Crippen LogP contribution in [0, 0.1) is 11.3 Å². The van der Waals surface area contributed by atoms with Crippen LogP contribution in [0.5, 0.6) is 0 Å². The maximum absolute atomic E-state index is 12.0. The number of hydrogen-bond donors (Lipinski definition) is 2. The first-order valence-corrected chi connectivity index (χ1v) is 7.13. The third-order valence-electron chi connectivity index (χ3n) is 3.36. The van der Waals surface area contributed by atoms with Crippen LogP contribution in [-0.2, 0) is 22.4 Å². The monoisotopic (exact) mass is 308 g/mol. The van der Waals surface area contributed by atoms with Crippen molar-refractivity contribution in [2.45, 2.75) is 18.9 Å². The Hall–Kier alpha value is -3.13. The second-order valence-corrected chi connectivity index (χ2v) is 5.13. The summed E-state index contributed by atoms with van der Waals surface area (Å²) in [5, 5.41) is 20.6. The summed E-state index contributed by atoms with van der Waals surface area (Å²) in [5.41, 5.74) is 2.08. The molecular formula is C18H16N2O3. The number of nitrogens with one attached hydrogen (secondary N) is 1. The Morgan fingerprint density at radius 1 is 1.04 bits per heavy atom. The fourth-order valence-electron chi connectivity index (χ4n) is 2.18. The quantitative estimate of drug-likeness (QED) is 0.853. The van der Waals surface area contributed by atoms with E-state index in [1.165, 1.54) is 0 Å². The summed E-state index contributed by atoms with van der Waals surface area (Å²) in [7, 11) is 0. The van der Waals surface area contributed by atoms with Crippen molar-refractivity contribution in [3.63, 3.8) is 0 Å². The SMILES string of the molecule is N#Cc1ccc(C[C@@H](NC(=O)Cc2ccccc2)C(=O)O)cc1. The highest BCUT2D eigenvalue weighted by Gasteiger charge is 2.20. The highest BCUT2D eigenvalue weighted by molar-refractivity contribution is 5.85. The van der Waals surface area contributed by atoms with Crippen molar-refractivity contribution in [3.8, 4) is 6.07 Å². The van der Waals surface area contributed by atoms with Crippen LogP contribution in [0.15, 0.2) is 54.6 Å². The number of aliphatic carboxylic acids is 1. The number of nitriles is 1. The minimum absolute atomic E-state index is 0.137. The third-order valence-corrected chi connectivity index (χ3v) is 3.36. The summed E-state index contributed by atoms with van der Waals surface area (Å²) in [6, 6.07) is 16.8. The van der Waals surface area contributed by atoms with Gasteiger partial charge in [0.1, 0.15) is 6.04 Å². The van der Waals surface area contributed by atoms with Crippen LogP contribution in [0.25, 0.3) is 0 Å². The number of carbonyl (C=O) groups excluding carboxylic acids is 1. The lowest BCUT2D eigenvalue weighted by Gasteiger charge is -2.14. The van der Waals surface area contributed by atoms with Crippen LogP contribution in [0.4, 0.5) is 0 Å².